The Balaban J connectivity index is 1.76. The van der Waals surface area contributed by atoms with Gasteiger partial charge in [-0.25, -0.2) is 4.98 Å². The van der Waals surface area contributed by atoms with Crippen LogP contribution < -0.4 is 4.90 Å². The summed E-state index contributed by atoms with van der Waals surface area (Å²) in [5.74, 6) is 0.906. The topological polar surface area (TPSA) is 52.5 Å². The number of benzene rings is 1. The molecule has 2 aromatic rings. The van der Waals surface area contributed by atoms with E-state index in [1.807, 2.05) is 18.2 Å². The van der Waals surface area contributed by atoms with Gasteiger partial charge < -0.3 is 10.0 Å². The zero-order chi connectivity index (χ0) is 13.9. The van der Waals surface area contributed by atoms with Crippen LogP contribution in [0, 0.1) is 0 Å². The van der Waals surface area contributed by atoms with E-state index in [0.717, 1.165) is 49.6 Å². The number of aliphatic hydroxyl groups excluding tert-OH is 1. The summed E-state index contributed by atoms with van der Waals surface area (Å²) in [7, 11) is 0. The highest BCUT2D eigenvalue weighted by molar-refractivity contribution is 6.31. The molecule has 0 aliphatic carbocycles. The first-order valence-corrected chi connectivity index (χ1v) is 7.14. The van der Waals surface area contributed by atoms with Crippen LogP contribution in [0.4, 0.5) is 5.82 Å². The summed E-state index contributed by atoms with van der Waals surface area (Å²) in [4.78, 5) is 13.6. The van der Waals surface area contributed by atoms with Gasteiger partial charge >= 0.3 is 0 Å². The van der Waals surface area contributed by atoms with Crippen molar-refractivity contribution in [1.82, 2.24) is 14.9 Å². The SMILES string of the molecule is OCCN1CCN(c2cnc3cc(Cl)ccc3n2)CC1. The Morgan fingerprint density at radius 1 is 1.15 bits per heavy atom. The van der Waals surface area contributed by atoms with Crippen LogP contribution in [-0.2, 0) is 0 Å². The molecule has 5 nitrogen and oxygen atoms in total. The molecule has 20 heavy (non-hydrogen) atoms. The molecule has 0 atom stereocenters. The first kappa shape index (κ1) is 13.5. The number of β-amino-alcohol motifs (C(OH)–C–C–N with tert-alkyl or cyclic N) is 1. The molecule has 1 aromatic heterocycles. The van der Waals surface area contributed by atoms with Gasteiger partial charge in [0.05, 0.1) is 23.8 Å². The monoisotopic (exact) mass is 292 g/mol. The highest BCUT2D eigenvalue weighted by Gasteiger charge is 2.17. The third-order valence-corrected chi connectivity index (χ3v) is 3.84. The summed E-state index contributed by atoms with van der Waals surface area (Å²) < 4.78 is 0. The molecule has 0 radical (unpaired) electrons. The van der Waals surface area contributed by atoms with Crippen molar-refractivity contribution in [3.63, 3.8) is 0 Å². The second-order valence-electron chi connectivity index (χ2n) is 4.91. The molecule has 0 saturated carbocycles. The Morgan fingerprint density at radius 3 is 2.70 bits per heavy atom. The lowest BCUT2D eigenvalue weighted by Crippen LogP contribution is -2.47. The van der Waals surface area contributed by atoms with Gasteiger partial charge in [0.25, 0.3) is 0 Å². The fraction of sp³-hybridized carbons (Fsp3) is 0.429. The van der Waals surface area contributed by atoms with Gasteiger partial charge in [0.1, 0.15) is 5.82 Å². The van der Waals surface area contributed by atoms with Gasteiger partial charge in [0, 0.05) is 37.7 Å². The molecular formula is C14H17ClN4O. The lowest BCUT2D eigenvalue weighted by atomic mass is 10.3. The fourth-order valence-corrected chi connectivity index (χ4v) is 2.63. The second kappa shape index (κ2) is 5.91. The quantitative estimate of drug-likeness (QED) is 0.927. The summed E-state index contributed by atoms with van der Waals surface area (Å²) in [6.45, 7) is 4.68. The molecule has 1 aromatic carbocycles. The molecule has 1 saturated heterocycles. The van der Waals surface area contributed by atoms with Crippen molar-refractivity contribution >= 4 is 28.5 Å². The average molecular weight is 293 g/mol. The van der Waals surface area contributed by atoms with Gasteiger partial charge in [0.15, 0.2) is 0 Å². The smallest absolute Gasteiger partial charge is 0.147 e. The average Bonchev–Trinajstić information content (AvgIpc) is 2.48. The maximum absolute atomic E-state index is 8.95. The highest BCUT2D eigenvalue weighted by Crippen LogP contribution is 2.20. The number of halogens is 1. The van der Waals surface area contributed by atoms with Gasteiger partial charge in [0.2, 0.25) is 0 Å². The van der Waals surface area contributed by atoms with Crippen molar-refractivity contribution < 1.29 is 5.11 Å². The van der Waals surface area contributed by atoms with E-state index in [-0.39, 0.29) is 6.61 Å². The fourth-order valence-electron chi connectivity index (χ4n) is 2.47. The third kappa shape index (κ3) is 2.85. The largest absolute Gasteiger partial charge is 0.395 e. The molecule has 1 aliphatic heterocycles. The Bertz CT molecular complexity index is 599. The third-order valence-electron chi connectivity index (χ3n) is 3.60. The maximum Gasteiger partial charge on any atom is 0.147 e. The minimum atomic E-state index is 0.219. The van der Waals surface area contributed by atoms with Crippen LogP contribution in [0.5, 0.6) is 0 Å². The molecule has 2 heterocycles. The number of anilines is 1. The Hall–Kier alpha value is -1.43. The summed E-state index contributed by atoms with van der Waals surface area (Å²) in [5, 5.41) is 9.63. The van der Waals surface area contributed by atoms with Crippen molar-refractivity contribution in [3.8, 4) is 0 Å². The van der Waals surface area contributed by atoms with Crippen molar-refractivity contribution in [3.05, 3.63) is 29.4 Å². The van der Waals surface area contributed by atoms with Crippen LogP contribution in [0.2, 0.25) is 5.02 Å². The van der Waals surface area contributed by atoms with Crippen LogP contribution in [0.25, 0.3) is 11.0 Å². The highest BCUT2D eigenvalue weighted by atomic mass is 35.5. The van der Waals surface area contributed by atoms with E-state index in [2.05, 4.69) is 19.8 Å². The predicted molar refractivity (Wildman–Crippen MR) is 80.3 cm³/mol. The lowest BCUT2D eigenvalue weighted by molar-refractivity contribution is 0.188. The van der Waals surface area contributed by atoms with E-state index in [9.17, 15) is 0 Å². The Labute approximate surface area is 122 Å². The molecular weight excluding hydrogens is 276 g/mol. The van der Waals surface area contributed by atoms with E-state index < -0.39 is 0 Å². The van der Waals surface area contributed by atoms with Crippen LogP contribution >= 0.6 is 11.6 Å². The normalized spacial score (nSPS) is 16.8. The number of fused-ring (bicyclic) bond motifs is 1. The number of piperazine rings is 1. The first-order chi connectivity index (χ1) is 9.76. The van der Waals surface area contributed by atoms with Gasteiger partial charge in [-0.3, -0.25) is 9.88 Å². The van der Waals surface area contributed by atoms with Gasteiger partial charge in [-0.2, -0.15) is 0 Å². The molecule has 0 bridgehead atoms. The van der Waals surface area contributed by atoms with Crippen molar-refractivity contribution in [2.45, 2.75) is 0 Å². The van der Waals surface area contributed by atoms with Gasteiger partial charge in [-0.1, -0.05) is 11.6 Å². The van der Waals surface area contributed by atoms with Crippen LogP contribution in [0.3, 0.4) is 0 Å². The van der Waals surface area contributed by atoms with E-state index in [4.69, 9.17) is 16.7 Å². The summed E-state index contributed by atoms with van der Waals surface area (Å²) in [6, 6.07) is 5.56. The number of hydrogen-bond acceptors (Lipinski definition) is 5. The number of aliphatic hydroxyl groups is 1. The molecule has 1 aliphatic rings. The number of hydrogen-bond donors (Lipinski definition) is 1. The molecule has 6 heteroatoms. The number of rotatable bonds is 3. The van der Waals surface area contributed by atoms with Gasteiger partial charge in [-0.05, 0) is 18.2 Å². The van der Waals surface area contributed by atoms with E-state index >= 15 is 0 Å². The molecule has 1 fully saturated rings. The van der Waals surface area contributed by atoms with E-state index in [0.29, 0.717) is 5.02 Å². The molecule has 106 valence electrons. The van der Waals surface area contributed by atoms with Crippen LogP contribution in [0.15, 0.2) is 24.4 Å². The molecule has 3 rings (SSSR count). The maximum atomic E-state index is 8.95. The zero-order valence-electron chi connectivity index (χ0n) is 11.2. The summed E-state index contributed by atoms with van der Waals surface area (Å²) in [6.07, 6.45) is 1.81. The van der Waals surface area contributed by atoms with Crippen molar-refractivity contribution in [2.24, 2.45) is 0 Å². The Morgan fingerprint density at radius 2 is 1.95 bits per heavy atom. The first-order valence-electron chi connectivity index (χ1n) is 6.77. The second-order valence-corrected chi connectivity index (χ2v) is 5.35. The minimum Gasteiger partial charge on any atom is -0.395 e. The number of aromatic nitrogens is 2. The summed E-state index contributed by atoms with van der Waals surface area (Å²) in [5.41, 5.74) is 1.69. The van der Waals surface area contributed by atoms with E-state index in [1.54, 1.807) is 6.20 Å². The zero-order valence-corrected chi connectivity index (χ0v) is 11.9. The molecule has 0 spiro atoms. The predicted octanol–water partition coefficient (Wildman–Crippen LogP) is 1.40. The standard InChI is InChI=1S/C14H17ClN4O/c15-11-1-2-12-13(9-11)16-10-14(17-12)19-5-3-18(4-6-19)7-8-20/h1-2,9-10,20H,3-8H2. The molecule has 0 amide bonds. The van der Waals surface area contributed by atoms with Crippen LogP contribution in [-0.4, -0.2) is 59.3 Å². The van der Waals surface area contributed by atoms with Crippen molar-refractivity contribution in [2.75, 3.05) is 44.2 Å². The van der Waals surface area contributed by atoms with E-state index in [1.165, 1.54) is 0 Å². The molecule has 0 unspecified atom stereocenters. The summed E-state index contributed by atoms with van der Waals surface area (Å²) >= 11 is 5.95. The Kier molecular flexibility index (Phi) is 4.00. The number of nitrogens with zero attached hydrogens (tertiary/aromatic N) is 4. The molecule has 1 N–H and O–H groups in total. The minimum absolute atomic E-state index is 0.219. The van der Waals surface area contributed by atoms with Crippen LogP contribution in [0.1, 0.15) is 0 Å². The van der Waals surface area contributed by atoms with Crippen molar-refractivity contribution in [1.29, 1.82) is 0 Å². The van der Waals surface area contributed by atoms with Gasteiger partial charge in [-0.15, -0.1) is 0 Å². The lowest BCUT2D eigenvalue weighted by Gasteiger charge is -2.34.